The fourth-order valence-corrected chi connectivity index (χ4v) is 3.29. The van der Waals surface area contributed by atoms with E-state index in [2.05, 4.69) is 21.2 Å². The average molecular weight is 448 g/mol. The molecule has 0 fully saturated rings. The van der Waals surface area contributed by atoms with Crippen LogP contribution in [0.25, 0.3) is 0 Å². The molecule has 2 amide bonds. The maximum Gasteiger partial charge on any atom is 0.273 e. The number of nitrogens with zero attached hydrogens (tertiary/aromatic N) is 2. The van der Waals surface area contributed by atoms with E-state index in [1.807, 2.05) is 24.3 Å². The van der Waals surface area contributed by atoms with Gasteiger partial charge in [0, 0.05) is 29.2 Å². The number of amides is 2. The quantitative estimate of drug-likeness (QED) is 0.495. The van der Waals surface area contributed by atoms with Crippen molar-refractivity contribution in [3.8, 4) is 0 Å². The predicted molar refractivity (Wildman–Crippen MR) is 110 cm³/mol. The Hall–Kier alpha value is -2.74. The second-order valence-corrected chi connectivity index (χ2v) is 7.20. The minimum Gasteiger partial charge on any atom is -0.355 e. The van der Waals surface area contributed by atoms with Crippen LogP contribution in [0.15, 0.2) is 53.0 Å². The van der Waals surface area contributed by atoms with Crippen molar-refractivity contribution in [2.24, 2.45) is 0 Å². The Morgan fingerprint density at radius 3 is 2.57 bits per heavy atom. The van der Waals surface area contributed by atoms with Crippen LogP contribution in [0.3, 0.4) is 0 Å². The molecular weight excluding hydrogens is 426 g/mol. The summed E-state index contributed by atoms with van der Waals surface area (Å²) in [7, 11) is 0. The summed E-state index contributed by atoms with van der Waals surface area (Å²) >= 11 is 3.40. The number of halogens is 1. The zero-order valence-corrected chi connectivity index (χ0v) is 17.3. The number of carbonyl (C=O) groups excluding carboxylic acids is 2. The first kappa shape index (κ1) is 21.6. The minimum absolute atomic E-state index is 0.107. The van der Waals surface area contributed by atoms with Crippen LogP contribution < -0.4 is 5.32 Å². The Kier molecular flexibility index (Phi) is 7.69. The lowest BCUT2D eigenvalue weighted by Gasteiger charge is -2.29. The molecule has 0 aliphatic heterocycles. The lowest BCUT2D eigenvalue weighted by Crippen LogP contribution is -2.48. The molecule has 1 N–H and O–H groups in total. The van der Waals surface area contributed by atoms with Gasteiger partial charge in [0.15, 0.2) is 0 Å². The molecule has 0 aliphatic rings. The highest BCUT2D eigenvalue weighted by molar-refractivity contribution is 9.10. The number of carbonyl (C=O) groups is 2. The first-order valence-corrected chi connectivity index (χ1v) is 9.66. The molecule has 0 spiro atoms. The Morgan fingerprint density at radius 2 is 1.93 bits per heavy atom. The van der Waals surface area contributed by atoms with Gasteiger partial charge in [-0.05, 0) is 31.5 Å². The molecule has 0 saturated carbocycles. The van der Waals surface area contributed by atoms with Crippen LogP contribution in [0.2, 0.25) is 0 Å². The molecule has 148 valence electrons. The van der Waals surface area contributed by atoms with E-state index in [9.17, 15) is 19.7 Å². The number of para-hydroxylation sites is 1. The summed E-state index contributed by atoms with van der Waals surface area (Å²) in [6.07, 6.45) is -0.158. The SMILES string of the molecule is CCNC(=O)C(C)N(Cc1cccc(Br)c1)C(=O)Cc1ccccc1[N+](=O)[O-]. The van der Waals surface area contributed by atoms with Gasteiger partial charge in [-0.2, -0.15) is 0 Å². The molecule has 0 heterocycles. The van der Waals surface area contributed by atoms with Crippen molar-refractivity contribution in [2.45, 2.75) is 32.9 Å². The van der Waals surface area contributed by atoms with Crippen molar-refractivity contribution in [1.29, 1.82) is 0 Å². The van der Waals surface area contributed by atoms with Crippen molar-refractivity contribution in [1.82, 2.24) is 10.2 Å². The summed E-state index contributed by atoms with van der Waals surface area (Å²) < 4.78 is 0.863. The molecule has 8 heteroatoms. The van der Waals surface area contributed by atoms with Crippen molar-refractivity contribution in [2.75, 3.05) is 6.54 Å². The largest absolute Gasteiger partial charge is 0.355 e. The van der Waals surface area contributed by atoms with Crippen LogP contribution >= 0.6 is 15.9 Å². The van der Waals surface area contributed by atoms with Gasteiger partial charge in [0.25, 0.3) is 5.69 Å². The molecule has 7 nitrogen and oxygen atoms in total. The van der Waals surface area contributed by atoms with Crippen LogP contribution in [0.5, 0.6) is 0 Å². The molecule has 2 aromatic carbocycles. The third-order valence-electron chi connectivity index (χ3n) is 4.29. The molecule has 1 atom stereocenters. The van der Waals surface area contributed by atoms with Gasteiger partial charge in [-0.3, -0.25) is 19.7 Å². The molecule has 28 heavy (non-hydrogen) atoms. The monoisotopic (exact) mass is 447 g/mol. The Bertz CT molecular complexity index is 872. The van der Waals surface area contributed by atoms with Crippen LogP contribution in [0, 0.1) is 10.1 Å². The van der Waals surface area contributed by atoms with E-state index in [1.54, 1.807) is 32.0 Å². The third kappa shape index (κ3) is 5.63. The Morgan fingerprint density at radius 1 is 1.21 bits per heavy atom. The van der Waals surface area contributed by atoms with Gasteiger partial charge >= 0.3 is 0 Å². The van der Waals surface area contributed by atoms with Crippen LogP contribution in [0.4, 0.5) is 5.69 Å². The highest BCUT2D eigenvalue weighted by Gasteiger charge is 2.27. The van der Waals surface area contributed by atoms with E-state index in [1.165, 1.54) is 11.0 Å². The van der Waals surface area contributed by atoms with E-state index in [0.717, 1.165) is 10.0 Å². The summed E-state index contributed by atoms with van der Waals surface area (Å²) in [6, 6.07) is 12.9. The van der Waals surface area contributed by atoms with Crippen LogP contribution in [-0.4, -0.2) is 34.2 Å². The van der Waals surface area contributed by atoms with Gasteiger partial charge in [-0.15, -0.1) is 0 Å². The lowest BCUT2D eigenvalue weighted by atomic mass is 10.1. The summed E-state index contributed by atoms with van der Waals surface area (Å²) in [6.45, 7) is 4.13. The Balaban J connectivity index is 2.31. The van der Waals surface area contributed by atoms with E-state index in [4.69, 9.17) is 0 Å². The fourth-order valence-electron chi connectivity index (χ4n) is 2.84. The number of hydrogen-bond acceptors (Lipinski definition) is 4. The van der Waals surface area contributed by atoms with Gasteiger partial charge in [0.05, 0.1) is 11.3 Å². The van der Waals surface area contributed by atoms with Crippen molar-refractivity contribution in [3.63, 3.8) is 0 Å². The average Bonchev–Trinajstić information content (AvgIpc) is 2.66. The van der Waals surface area contributed by atoms with Crippen molar-refractivity contribution < 1.29 is 14.5 Å². The first-order valence-electron chi connectivity index (χ1n) is 8.87. The van der Waals surface area contributed by atoms with E-state index < -0.39 is 11.0 Å². The standard InChI is InChI=1S/C20H22BrN3O4/c1-3-22-20(26)14(2)23(13-15-7-6-9-17(21)11-15)19(25)12-16-8-4-5-10-18(16)24(27)28/h4-11,14H,3,12-13H2,1-2H3,(H,22,26). The second-order valence-electron chi connectivity index (χ2n) is 6.28. The third-order valence-corrected chi connectivity index (χ3v) is 4.78. The summed E-state index contributed by atoms with van der Waals surface area (Å²) in [5.74, 6) is -0.624. The number of nitro benzene ring substituents is 1. The van der Waals surface area contributed by atoms with Gasteiger partial charge in [0.1, 0.15) is 6.04 Å². The van der Waals surface area contributed by atoms with Gasteiger partial charge in [0.2, 0.25) is 11.8 Å². The molecule has 0 aliphatic carbocycles. The molecule has 1 unspecified atom stereocenters. The summed E-state index contributed by atoms with van der Waals surface area (Å²) in [4.78, 5) is 37.6. The molecule has 0 bridgehead atoms. The molecular formula is C20H22BrN3O4. The number of rotatable bonds is 8. The van der Waals surface area contributed by atoms with E-state index >= 15 is 0 Å². The molecule has 0 saturated heterocycles. The number of nitro groups is 1. The van der Waals surface area contributed by atoms with Gasteiger partial charge in [-0.25, -0.2) is 0 Å². The van der Waals surface area contributed by atoms with Crippen molar-refractivity contribution in [3.05, 3.63) is 74.2 Å². The highest BCUT2D eigenvalue weighted by Crippen LogP contribution is 2.21. The van der Waals surface area contributed by atoms with E-state index in [0.29, 0.717) is 12.1 Å². The van der Waals surface area contributed by atoms with Crippen molar-refractivity contribution >= 4 is 33.4 Å². The molecule has 2 rings (SSSR count). The molecule has 2 aromatic rings. The minimum atomic E-state index is -0.714. The molecule has 0 radical (unpaired) electrons. The maximum atomic E-state index is 13.0. The Labute approximate surface area is 172 Å². The topological polar surface area (TPSA) is 92.6 Å². The predicted octanol–water partition coefficient (Wildman–Crippen LogP) is 3.45. The van der Waals surface area contributed by atoms with Crippen LogP contribution in [0.1, 0.15) is 25.0 Å². The number of likely N-dealkylation sites (N-methyl/N-ethyl adjacent to an activating group) is 1. The second kappa shape index (κ2) is 9.98. The number of hydrogen-bond donors (Lipinski definition) is 1. The fraction of sp³-hybridized carbons (Fsp3) is 0.300. The lowest BCUT2D eigenvalue weighted by molar-refractivity contribution is -0.385. The number of nitrogens with one attached hydrogen (secondary N) is 1. The van der Waals surface area contributed by atoms with Crippen LogP contribution in [-0.2, 0) is 22.6 Å². The summed E-state index contributed by atoms with van der Waals surface area (Å²) in [5, 5.41) is 14.0. The molecule has 0 aromatic heterocycles. The van der Waals surface area contributed by atoms with Gasteiger partial charge < -0.3 is 10.2 Å². The zero-order valence-electron chi connectivity index (χ0n) is 15.7. The number of benzene rings is 2. The smallest absolute Gasteiger partial charge is 0.273 e. The summed E-state index contributed by atoms with van der Waals surface area (Å²) in [5.41, 5.74) is 1.06. The highest BCUT2D eigenvalue weighted by atomic mass is 79.9. The van der Waals surface area contributed by atoms with E-state index in [-0.39, 0.29) is 30.5 Å². The first-order chi connectivity index (χ1) is 13.3. The zero-order chi connectivity index (χ0) is 20.7. The normalized spacial score (nSPS) is 11.5. The maximum absolute atomic E-state index is 13.0. The van der Waals surface area contributed by atoms with Gasteiger partial charge in [-0.1, -0.05) is 46.3 Å².